The van der Waals surface area contributed by atoms with E-state index in [0.29, 0.717) is 0 Å². The van der Waals surface area contributed by atoms with E-state index in [4.69, 9.17) is 0 Å². The molecule has 0 aromatic carbocycles. The number of halogens is 1. The first-order chi connectivity index (χ1) is 11.3. The number of aromatic nitrogens is 2. The zero-order valence-corrected chi connectivity index (χ0v) is 17.6. The van der Waals surface area contributed by atoms with Crippen molar-refractivity contribution in [2.45, 2.75) is 58.3 Å². The lowest BCUT2D eigenvalue weighted by atomic mass is 10.0. The molecule has 0 spiro atoms. The standard InChI is InChI=1S/C18H33N5.HI/c1-3-19-18(21-13-11-17-14-22-23(2)15-17)20-12-7-6-10-16-8-4-5-9-16;/h14-16H,3-13H2,1-2H3,(H2,19,20,21);1H. The maximum atomic E-state index is 4.69. The second-order valence-corrected chi connectivity index (χ2v) is 6.61. The Hall–Kier alpha value is -0.790. The first-order valence-corrected chi connectivity index (χ1v) is 9.27. The molecule has 2 rings (SSSR count). The second-order valence-electron chi connectivity index (χ2n) is 6.61. The summed E-state index contributed by atoms with van der Waals surface area (Å²) < 4.78 is 1.85. The fourth-order valence-electron chi connectivity index (χ4n) is 3.30. The van der Waals surface area contributed by atoms with Crippen LogP contribution in [0.15, 0.2) is 17.4 Å². The van der Waals surface area contributed by atoms with Crippen molar-refractivity contribution in [1.82, 2.24) is 20.4 Å². The van der Waals surface area contributed by atoms with Gasteiger partial charge in [-0.3, -0.25) is 9.67 Å². The van der Waals surface area contributed by atoms with Crippen LogP contribution in [0.25, 0.3) is 0 Å². The summed E-state index contributed by atoms with van der Waals surface area (Å²) in [5.74, 6) is 1.95. The molecule has 1 saturated carbocycles. The van der Waals surface area contributed by atoms with Crippen molar-refractivity contribution in [1.29, 1.82) is 0 Å². The van der Waals surface area contributed by atoms with Crippen molar-refractivity contribution in [3.8, 4) is 0 Å². The molecule has 1 heterocycles. The zero-order chi connectivity index (χ0) is 16.3. The summed E-state index contributed by atoms with van der Waals surface area (Å²) in [4.78, 5) is 4.69. The van der Waals surface area contributed by atoms with E-state index in [2.05, 4.69) is 33.8 Å². The lowest BCUT2D eigenvalue weighted by Gasteiger charge is -2.11. The molecule has 24 heavy (non-hydrogen) atoms. The molecular formula is C18H34IN5. The van der Waals surface area contributed by atoms with E-state index in [1.807, 2.05) is 17.9 Å². The van der Waals surface area contributed by atoms with E-state index >= 15 is 0 Å². The molecule has 2 N–H and O–H groups in total. The van der Waals surface area contributed by atoms with Gasteiger partial charge in [-0.25, -0.2) is 0 Å². The molecule has 0 saturated heterocycles. The smallest absolute Gasteiger partial charge is 0.191 e. The molecule has 1 aromatic heterocycles. The number of hydrogen-bond acceptors (Lipinski definition) is 2. The van der Waals surface area contributed by atoms with Crippen molar-refractivity contribution >= 4 is 29.9 Å². The van der Waals surface area contributed by atoms with Crippen LogP contribution in [0.3, 0.4) is 0 Å². The van der Waals surface area contributed by atoms with Crippen LogP contribution in [0.5, 0.6) is 0 Å². The summed E-state index contributed by atoms with van der Waals surface area (Å²) in [6.07, 6.45) is 14.7. The van der Waals surface area contributed by atoms with Crippen LogP contribution in [0.4, 0.5) is 0 Å². The van der Waals surface area contributed by atoms with Crippen LogP contribution >= 0.6 is 24.0 Å². The van der Waals surface area contributed by atoms with E-state index in [9.17, 15) is 0 Å². The number of unbranched alkanes of at least 4 members (excludes halogenated alkanes) is 1. The highest BCUT2D eigenvalue weighted by Crippen LogP contribution is 2.28. The molecule has 1 aliphatic rings. The van der Waals surface area contributed by atoms with Crippen LogP contribution in [0.1, 0.15) is 57.4 Å². The predicted molar refractivity (Wildman–Crippen MR) is 112 cm³/mol. The highest BCUT2D eigenvalue weighted by Gasteiger charge is 2.13. The Morgan fingerprint density at radius 1 is 1.29 bits per heavy atom. The molecule has 0 aliphatic heterocycles. The Labute approximate surface area is 164 Å². The van der Waals surface area contributed by atoms with Crippen LogP contribution in [0.2, 0.25) is 0 Å². The van der Waals surface area contributed by atoms with Crippen molar-refractivity contribution in [3.05, 3.63) is 18.0 Å². The third-order valence-electron chi connectivity index (χ3n) is 4.57. The van der Waals surface area contributed by atoms with E-state index in [-0.39, 0.29) is 24.0 Å². The van der Waals surface area contributed by atoms with E-state index in [1.54, 1.807) is 0 Å². The molecule has 6 heteroatoms. The van der Waals surface area contributed by atoms with Gasteiger partial charge >= 0.3 is 0 Å². The third kappa shape index (κ3) is 8.35. The fraction of sp³-hybridized carbons (Fsp3) is 0.778. The van der Waals surface area contributed by atoms with Crippen LogP contribution in [0, 0.1) is 5.92 Å². The zero-order valence-electron chi connectivity index (χ0n) is 15.3. The Balaban J connectivity index is 0.00000288. The molecular weight excluding hydrogens is 413 g/mol. The molecule has 0 atom stereocenters. The number of aliphatic imine (C=N–C) groups is 1. The molecule has 138 valence electrons. The summed E-state index contributed by atoms with van der Waals surface area (Å²) in [6, 6.07) is 0. The number of nitrogens with one attached hydrogen (secondary N) is 2. The molecule has 0 amide bonds. The van der Waals surface area contributed by atoms with Gasteiger partial charge in [0.25, 0.3) is 0 Å². The van der Waals surface area contributed by atoms with Gasteiger partial charge < -0.3 is 10.6 Å². The molecule has 1 aromatic rings. The van der Waals surface area contributed by atoms with Gasteiger partial charge in [-0.1, -0.05) is 38.5 Å². The summed E-state index contributed by atoms with van der Waals surface area (Å²) in [5.41, 5.74) is 1.26. The van der Waals surface area contributed by atoms with Crippen LogP contribution in [-0.4, -0.2) is 35.4 Å². The number of aryl methyl sites for hydroxylation is 1. The minimum absolute atomic E-state index is 0. The minimum atomic E-state index is 0. The Morgan fingerprint density at radius 3 is 2.75 bits per heavy atom. The molecule has 0 bridgehead atoms. The highest BCUT2D eigenvalue weighted by molar-refractivity contribution is 14.0. The Kier molecular flexibility index (Phi) is 11.1. The summed E-state index contributed by atoms with van der Waals surface area (Å²) in [6.45, 7) is 4.83. The van der Waals surface area contributed by atoms with Gasteiger partial charge in [-0.05, 0) is 31.2 Å². The van der Waals surface area contributed by atoms with Gasteiger partial charge in [0.2, 0.25) is 0 Å². The first kappa shape index (κ1) is 21.3. The SMILES string of the molecule is CCNC(=NCCCCC1CCCC1)NCCc1cnn(C)c1.I. The maximum absolute atomic E-state index is 4.69. The average molecular weight is 447 g/mol. The van der Waals surface area contributed by atoms with Gasteiger partial charge in [0, 0.05) is 32.9 Å². The van der Waals surface area contributed by atoms with Crippen molar-refractivity contribution in [3.63, 3.8) is 0 Å². The van der Waals surface area contributed by atoms with Gasteiger partial charge in [0.05, 0.1) is 6.20 Å². The highest BCUT2D eigenvalue weighted by atomic mass is 127. The Bertz CT molecular complexity index is 466. The van der Waals surface area contributed by atoms with Crippen molar-refractivity contribution < 1.29 is 0 Å². The van der Waals surface area contributed by atoms with E-state index in [1.165, 1.54) is 50.5 Å². The lowest BCUT2D eigenvalue weighted by Crippen LogP contribution is -2.38. The third-order valence-corrected chi connectivity index (χ3v) is 4.57. The van der Waals surface area contributed by atoms with Crippen LogP contribution in [-0.2, 0) is 13.5 Å². The van der Waals surface area contributed by atoms with E-state index < -0.39 is 0 Å². The maximum Gasteiger partial charge on any atom is 0.191 e. The molecule has 0 radical (unpaired) electrons. The molecule has 0 unspecified atom stereocenters. The summed E-state index contributed by atoms with van der Waals surface area (Å²) in [5, 5.41) is 10.9. The number of rotatable bonds is 9. The lowest BCUT2D eigenvalue weighted by molar-refractivity contribution is 0.475. The topological polar surface area (TPSA) is 54.2 Å². The molecule has 5 nitrogen and oxygen atoms in total. The van der Waals surface area contributed by atoms with Gasteiger partial charge in [0.1, 0.15) is 0 Å². The summed E-state index contributed by atoms with van der Waals surface area (Å²) >= 11 is 0. The van der Waals surface area contributed by atoms with Gasteiger partial charge in [-0.15, -0.1) is 24.0 Å². The minimum Gasteiger partial charge on any atom is -0.357 e. The quantitative estimate of drug-likeness (QED) is 0.264. The predicted octanol–water partition coefficient (Wildman–Crippen LogP) is 3.50. The van der Waals surface area contributed by atoms with E-state index in [0.717, 1.165) is 37.9 Å². The Morgan fingerprint density at radius 2 is 2.08 bits per heavy atom. The van der Waals surface area contributed by atoms with Gasteiger partial charge in [-0.2, -0.15) is 5.10 Å². The monoisotopic (exact) mass is 447 g/mol. The van der Waals surface area contributed by atoms with Crippen LogP contribution < -0.4 is 10.6 Å². The average Bonchev–Trinajstić information content (AvgIpc) is 3.19. The fourth-order valence-corrected chi connectivity index (χ4v) is 3.30. The normalized spacial score (nSPS) is 15.3. The van der Waals surface area contributed by atoms with Gasteiger partial charge in [0.15, 0.2) is 5.96 Å². The van der Waals surface area contributed by atoms with Crippen molar-refractivity contribution in [2.24, 2.45) is 18.0 Å². The second kappa shape index (κ2) is 12.6. The first-order valence-electron chi connectivity index (χ1n) is 9.27. The molecule has 1 fully saturated rings. The largest absolute Gasteiger partial charge is 0.357 e. The number of hydrogen-bond donors (Lipinski definition) is 2. The number of guanidine groups is 1. The molecule has 1 aliphatic carbocycles. The summed E-state index contributed by atoms with van der Waals surface area (Å²) in [7, 11) is 1.95. The van der Waals surface area contributed by atoms with Crippen molar-refractivity contribution in [2.75, 3.05) is 19.6 Å². The number of nitrogens with zero attached hydrogens (tertiary/aromatic N) is 3.